The van der Waals surface area contributed by atoms with Gasteiger partial charge in [0.15, 0.2) is 5.78 Å². The molecule has 1 N–H and O–H groups in total. The molecule has 0 bridgehead atoms. The van der Waals surface area contributed by atoms with Gasteiger partial charge in [0.25, 0.3) is 11.5 Å². The number of ketones is 1. The van der Waals surface area contributed by atoms with E-state index in [1.54, 1.807) is 43.5 Å². The molecule has 0 aliphatic heterocycles. The first-order valence-corrected chi connectivity index (χ1v) is 8.88. The van der Waals surface area contributed by atoms with Crippen molar-refractivity contribution in [1.29, 1.82) is 0 Å². The molecule has 0 aliphatic rings. The molecular formula is C22H20N2O5. The van der Waals surface area contributed by atoms with Crippen LogP contribution in [0.3, 0.4) is 0 Å². The Kier molecular flexibility index (Phi) is 6.09. The number of hydrogen-bond donors (Lipinski definition) is 1. The average Bonchev–Trinajstić information content (AvgIpc) is 2.73. The van der Waals surface area contributed by atoms with Crippen LogP contribution in [0.25, 0.3) is 0 Å². The molecule has 1 heterocycles. The smallest absolute Gasteiger partial charge is 0.295 e. The van der Waals surface area contributed by atoms with Crippen molar-refractivity contribution < 1.29 is 19.2 Å². The van der Waals surface area contributed by atoms with Crippen LogP contribution in [0, 0.1) is 0 Å². The predicted molar refractivity (Wildman–Crippen MR) is 108 cm³/mol. The van der Waals surface area contributed by atoms with E-state index in [4.69, 9.17) is 9.57 Å². The van der Waals surface area contributed by atoms with Gasteiger partial charge < -0.3 is 14.9 Å². The number of amides is 1. The Bertz CT molecular complexity index is 1090. The summed E-state index contributed by atoms with van der Waals surface area (Å²) in [6.07, 6.45) is 1.45. The van der Waals surface area contributed by atoms with Gasteiger partial charge in [0.2, 0.25) is 0 Å². The Labute approximate surface area is 167 Å². The van der Waals surface area contributed by atoms with Crippen LogP contribution in [-0.4, -0.2) is 23.5 Å². The first-order valence-electron chi connectivity index (χ1n) is 8.88. The lowest BCUT2D eigenvalue weighted by Crippen LogP contribution is -2.32. The van der Waals surface area contributed by atoms with E-state index in [2.05, 4.69) is 5.32 Å². The van der Waals surface area contributed by atoms with E-state index in [1.165, 1.54) is 19.2 Å². The van der Waals surface area contributed by atoms with Gasteiger partial charge in [-0.25, -0.2) is 0 Å². The molecule has 0 atom stereocenters. The molecule has 0 spiro atoms. The number of carbonyl (C=O) groups excluding carboxylic acids is 2. The summed E-state index contributed by atoms with van der Waals surface area (Å²) in [5.74, 6) is 0.0503. The second-order valence-electron chi connectivity index (χ2n) is 6.27. The van der Waals surface area contributed by atoms with Gasteiger partial charge in [0.1, 0.15) is 17.9 Å². The summed E-state index contributed by atoms with van der Waals surface area (Å²) >= 11 is 0. The quantitative estimate of drug-likeness (QED) is 0.625. The fourth-order valence-electron chi connectivity index (χ4n) is 2.64. The molecule has 3 rings (SSSR count). The lowest BCUT2D eigenvalue weighted by atomic mass is 10.1. The van der Waals surface area contributed by atoms with Gasteiger partial charge in [-0.15, -0.1) is 0 Å². The van der Waals surface area contributed by atoms with E-state index in [1.807, 2.05) is 18.2 Å². The topological polar surface area (TPSA) is 86.6 Å². The number of aromatic nitrogens is 1. The first kappa shape index (κ1) is 19.9. The van der Waals surface area contributed by atoms with Crippen molar-refractivity contribution in [1.82, 2.24) is 4.73 Å². The third-order valence-corrected chi connectivity index (χ3v) is 4.21. The van der Waals surface area contributed by atoms with Crippen LogP contribution >= 0.6 is 0 Å². The van der Waals surface area contributed by atoms with Crippen molar-refractivity contribution in [2.24, 2.45) is 0 Å². The minimum Gasteiger partial charge on any atom is -0.497 e. The van der Waals surface area contributed by atoms with E-state index in [9.17, 15) is 14.4 Å². The number of rotatable bonds is 7. The molecule has 2 aromatic carbocycles. The molecule has 0 fully saturated rings. The van der Waals surface area contributed by atoms with Gasteiger partial charge in [0.05, 0.1) is 7.11 Å². The average molecular weight is 392 g/mol. The fraction of sp³-hybridized carbons (Fsp3) is 0.136. The third kappa shape index (κ3) is 4.90. The molecule has 0 saturated heterocycles. The number of methoxy groups -OCH3 is 1. The fourth-order valence-corrected chi connectivity index (χ4v) is 2.64. The molecule has 148 valence electrons. The van der Waals surface area contributed by atoms with Gasteiger partial charge in [-0.2, -0.15) is 4.73 Å². The summed E-state index contributed by atoms with van der Waals surface area (Å²) in [7, 11) is 1.57. The Hall–Kier alpha value is -3.87. The Morgan fingerprint density at radius 3 is 2.48 bits per heavy atom. The number of benzene rings is 2. The van der Waals surface area contributed by atoms with Crippen LogP contribution in [0.1, 0.15) is 33.2 Å². The summed E-state index contributed by atoms with van der Waals surface area (Å²) in [5.41, 5.74) is 1.20. The van der Waals surface area contributed by atoms with Crippen molar-refractivity contribution in [3.8, 4) is 5.75 Å². The second kappa shape index (κ2) is 8.88. The molecule has 0 saturated carbocycles. The molecule has 3 aromatic rings. The lowest BCUT2D eigenvalue weighted by Gasteiger charge is -2.11. The first-order chi connectivity index (χ1) is 14.0. The highest BCUT2D eigenvalue weighted by molar-refractivity contribution is 6.04. The number of nitrogens with zero attached hydrogens (tertiary/aromatic N) is 1. The van der Waals surface area contributed by atoms with Crippen molar-refractivity contribution >= 4 is 17.4 Å². The van der Waals surface area contributed by atoms with E-state index in [0.717, 1.165) is 10.3 Å². The maximum absolute atomic E-state index is 12.6. The number of Topliss-reactive ketones (excluding diaryl/α,β-unsaturated/α-hetero) is 1. The standard InChI is InChI=1S/C22H20N2O5/c1-15(25)17-8-10-18(11-9-17)23-21(26)20-7-4-12-24(22(20)27)29-14-16-5-3-6-19(13-16)28-2/h3-13H,14H2,1-2H3,(H,23,26). The van der Waals surface area contributed by atoms with Crippen molar-refractivity contribution in [2.75, 3.05) is 12.4 Å². The van der Waals surface area contributed by atoms with Gasteiger partial charge in [-0.1, -0.05) is 12.1 Å². The summed E-state index contributed by atoms with van der Waals surface area (Å²) < 4.78 is 6.18. The summed E-state index contributed by atoms with van der Waals surface area (Å²) in [6.45, 7) is 1.60. The van der Waals surface area contributed by atoms with Gasteiger partial charge >= 0.3 is 0 Å². The van der Waals surface area contributed by atoms with Crippen molar-refractivity contribution in [3.05, 3.63) is 93.9 Å². The number of ether oxygens (including phenoxy) is 1. The number of nitrogens with one attached hydrogen (secondary N) is 1. The van der Waals surface area contributed by atoms with Crippen molar-refractivity contribution in [2.45, 2.75) is 13.5 Å². The second-order valence-corrected chi connectivity index (χ2v) is 6.27. The number of anilines is 1. The van der Waals surface area contributed by atoms with Crippen LogP contribution in [0.4, 0.5) is 5.69 Å². The third-order valence-electron chi connectivity index (χ3n) is 4.21. The number of pyridine rings is 1. The zero-order chi connectivity index (χ0) is 20.8. The molecule has 7 heteroatoms. The highest BCUT2D eigenvalue weighted by atomic mass is 16.7. The molecule has 0 radical (unpaired) electrons. The van der Waals surface area contributed by atoms with E-state index < -0.39 is 11.5 Å². The predicted octanol–water partition coefficient (Wildman–Crippen LogP) is 2.94. The Morgan fingerprint density at radius 1 is 1.03 bits per heavy atom. The Morgan fingerprint density at radius 2 is 1.79 bits per heavy atom. The van der Waals surface area contributed by atoms with E-state index in [-0.39, 0.29) is 18.0 Å². The summed E-state index contributed by atoms with van der Waals surface area (Å²) in [6, 6.07) is 16.7. The van der Waals surface area contributed by atoms with E-state index in [0.29, 0.717) is 17.0 Å². The zero-order valence-electron chi connectivity index (χ0n) is 16.0. The SMILES string of the molecule is COc1cccc(COn2cccc(C(=O)Nc3ccc(C(C)=O)cc3)c2=O)c1. The maximum Gasteiger partial charge on any atom is 0.295 e. The zero-order valence-corrected chi connectivity index (χ0v) is 16.0. The minimum absolute atomic E-state index is 0.0613. The largest absolute Gasteiger partial charge is 0.497 e. The molecular weight excluding hydrogens is 372 g/mol. The van der Waals surface area contributed by atoms with Gasteiger partial charge in [-0.05, 0) is 61.0 Å². The lowest BCUT2D eigenvalue weighted by molar-refractivity contribution is 0.0862. The molecule has 29 heavy (non-hydrogen) atoms. The molecule has 0 unspecified atom stereocenters. The molecule has 0 aliphatic carbocycles. The van der Waals surface area contributed by atoms with Crippen LogP contribution in [-0.2, 0) is 6.61 Å². The number of hydrogen-bond acceptors (Lipinski definition) is 5. The molecule has 1 amide bonds. The molecule has 1 aromatic heterocycles. The summed E-state index contributed by atoms with van der Waals surface area (Å²) in [5, 5.41) is 2.65. The number of carbonyl (C=O) groups is 2. The summed E-state index contributed by atoms with van der Waals surface area (Å²) in [4.78, 5) is 42.0. The van der Waals surface area contributed by atoms with Crippen LogP contribution in [0.2, 0.25) is 0 Å². The van der Waals surface area contributed by atoms with Gasteiger partial charge in [-0.3, -0.25) is 14.4 Å². The van der Waals surface area contributed by atoms with Gasteiger partial charge in [0, 0.05) is 17.4 Å². The monoisotopic (exact) mass is 392 g/mol. The Balaban J connectivity index is 1.72. The molecule has 7 nitrogen and oxygen atoms in total. The normalized spacial score (nSPS) is 10.3. The van der Waals surface area contributed by atoms with Crippen LogP contribution < -0.4 is 20.5 Å². The maximum atomic E-state index is 12.6. The minimum atomic E-state index is -0.576. The van der Waals surface area contributed by atoms with Crippen LogP contribution in [0.15, 0.2) is 71.7 Å². The van der Waals surface area contributed by atoms with Crippen molar-refractivity contribution in [3.63, 3.8) is 0 Å². The van der Waals surface area contributed by atoms with E-state index >= 15 is 0 Å². The van der Waals surface area contributed by atoms with Crippen LogP contribution in [0.5, 0.6) is 5.75 Å². The highest BCUT2D eigenvalue weighted by Crippen LogP contribution is 2.13. The highest BCUT2D eigenvalue weighted by Gasteiger charge is 2.13.